The van der Waals surface area contributed by atoms with E-state index >= 15 is 0 Å². The molecule has 2 rings (SSSR count). The van der Waals surface area contributed by atoms with Gasteiger partial charge in [-0.2, -0.15) is 0 Å². The van der Waals surface area contributed by atoms with Gasteiger partial charge in [-0.1, -0.05) is 20.8 Å². The van der Waals surface area contributed by atoms with Gasteiger partial charge in [-0.15, -0.1) is 0 Å². The first kappa shape index (κ1) is 20.2. The number of anilines is 1. The number of amides is 1. The summed E-state index contributed by atoms with van der Waals surface area (Å²) in [6.07, 6.45) is 2.14. The summed E-state index contributed by atoms with van der Waals surface area (Å²) in [5.74, 6) is 0.435. The van der Waals surface area contributed by atoms with Gasteiger partial charge >= 0.3 is 0 Å². The van der Waals surface area contributed by atoms with E-state index in [1.165, 1.54) is 12.1 Å². The molecule has 1 aromatic rings. The van der Waals surface area contributed by atoms with Crippen molar-refractivity contribution in [3.05, 3.63) is 33.9 Å². The van der Waals surface area contributed by atoms with E-state index in [2.05, 4.69) is 35.9 Å². The monoisotopic (exact) mass is 362 g/mol. The van der Waals surface area contributed by atoms with Crippen molar-refractivity contribution in [1.82, 2.24) is 10.2 Å². The van der Waals surface area contributed by atoms with Crippen molar-refractivity contribution in [3.8, 4) is 0 Å². The Morgan fingerprint density at radius 3 is 2.54 bits per heavy atom. The van der Waals surface area contributed by atoms with Crippen LogP contribution in [0.3, 0.4) is 0 Å². The second-order valence-electron chi connectivity index (χ2n) is 6.91. The van der Waals surface area contributed by atoms with E-state index in [9.17, 15) is 14.9 Å². The molecule has 1 amide bonds. The zero-order chi connectivity index (χ0) is 19.1. The molecule has 1 aliphatic heterocycles. The molecule has 0 aliphatic carbocycles. The number of piperidine rings is 1. The smallest absolute Gasteiger partial charge is 0.270 e. The van der Waals surface area contributed by atoms with E-state index < -0.39 is 4.92 Å². The molecule has 0 unspecified atom stereocenters. The van der Waals surface area contributed by atoms with E-state index in [0.717, 1.165) is 51.3 Å². The minimum absolute atomic E-state index is 0.0481. The largest absolute Gasteiger partial charge is 0.371 e. The molecule has 0 aromatic heterocycles. The topological polar surface area (TPSA) is 78.7 Å². The van der Waals surface area contributed by atoms with Crippen molar-refractivity contribution in [2.45, 2.75) is 33.6 Å². The van der Waals surface area contributed by atoms with Crippen LogP contribution in [0.25, 0.3) is 0 Å². The van der Waals surface area contributed by atoms with E-state index in [0.29, 0.717) is 18.0 Å². The highest BCUT2D eigenvalue weighted by Crippen LogP contribution is 2.29. The molecular weight excluding hydrogens is 332 g/mol. The molecule has 1 N–H and O–H groups in total. The first-order valence-corrected chi connectivity index (χ1v) is 9.50. The molecule has 1 aromatic carbocycles. The lowest BCUT2D eigenvalue weighted by atomic mass is 9.98. The minimum atomic E-state index is -0.450. The van der Waals surface area contributed by atoms with Gasteiger partial charge in [0.2, 0.25) is 0 Å². The highest BCUT2D eigenvalue weighted by atomic mass is 16.6. The van der Waals surface area contributed by atoms with Crippen LogP contribution >= 0.6 is 0 Å². The maximum Gasteiger partial charge on any atom is 0.270 e. The summed E-state index contributed by atoms with van der Waals surface area (Å²) < 4.78 is 0. The molecule has 144 valence electrons. The first-order valence-electron chi connectivity index (χ1n) is 9.50. The summed E-state index contributed by atoms with van der Waals surface area (Å²) in [5.41, 5.74) is 1.14. The Balaban J connectivity index is 2.16. The third-order valence-electron chi connectivity index (χ3n) is 5.17. The number of carbonyl (C=O) groups is 1. The Hall–Kier alpha value is -2.15. The van der Waals surface area contributed by atoms with Gasteiger partial charge in [-0.05, 0) is 37.9 Å². The number of carbonyl (C=O) groups excluding carboxylic acids is 1. The van der Waals surface area contributed by atoms with Crippen LogP contribution in [0.15, 0.2) is 18.2 Å². The molecule has 1 fully saturated rings. The third kappa shape index (κ3) is 5.17. The van der Waals surface area contributed by atoms with Gasteiger partial charge < -0.3 is 15.1 Å². The highest BCUT2D eigenvalue weighted by Gasteiger charge is 2.23. The molecule has 0 bridgehead atoms. The Bertz CT molecular complexity index is 623. The van der Waals surface area contributed by atoms with Crippen molar-refractivity contribution in [3.63, 3.8) is 0 Å². The van der Waals surface area contributed by atoms with Crippen molar-refractivity contribution in [2.75, 3.05) is 44.2 Å². The van der Waals surface area contributed by atoms with E-state index in [4.69, 9.17) is 0 Å². The van der Waals surface area contributed by atoms with E-state index in [-0.39, 0.29) is 11.6 Å². The van der Waals surface area contributed by atoms with Crippen LogP contribution < -0.4 is 10.2 Å². The van der Waals surface area contributed by atoms with Crippen molar-refractivity contribution >= 4 is 17.3 Å². The normalized spacial score (nSPS) is 15.3. The van der Waals surface area contributed by atoms with Gasteiger partial charge in [0.05, 0.1) is 16.2 Å². The fraction of sp³-hybridized carbons (Fsp3) is 0.632. The summed E-state index contributed by atoms with van der Waals surface area (Å²) in [5, 5.41) is 14.1. The zero-order valence-electron chi connectivity index (χ0n) is 16.0. The third-order valence-corrected chi connectivity index (χ3v) is 5.17. The molecule has 0 atom stereocenters. The number of nitrogens with one attached hydrogen (secondary N) is 1. The lowest BCUT2D eigenvalue weighted by Crippen LogP contribution is -2.37. The fourth-order valence-corrected chi connectivity index (χ4v) is 3.31. The standard InChI is InChI=1S/C19H30N4O3/c1-4-21(5-2)13-10-20-19(24)17-14-16(23(25)26)6-7-18(17)22-11-8-15(3)9-12-22/h6-7,14-15H,4-5,8-13H2,1-3H3,(H,20,24). The first-order chi connectivity index (χ1) is 12.5. The number of nitrogens with zero attached hydrogens (tertiary/aromatic N) is 3. The zero-order valence-corrected chi connectivity index (χ0v) is 16.0. The summed E-state index contributed by atoms with van der Waals surface area (Å²) >= 11 is 0. The lowest BCUT2D eigenvalue weighted by Gasteiger charge is -2.33. The highest BCUT2D eigenvalue weighted by molar-refractivity contribution is 6.00. The molecule has 26 heavy (non-hydrogen) atoms. The van der Waals surface area contributed by atoms with E-state index in [1.807, 2.05) is 0 Å². The van der Waals surface area contributed by atoms with Crippen LogP contribution in [-0.4, -0.2) is 55.0 Å². The van der Waals surface area contributed by atoms with Crippen LogP contribution in [0, 0.1) is 16.0 Å². The molecule has 7 heteroatoms. The van der Waals surface area contributed by atoms with Gasteiger partial charge in [0.15, 0.2) is 0 Å². The second-order valence-corrected chi connectivity index (χ2v) is 6.91. The number of nitro groups is 1. The number of hydrogen-bond donors (Lipinski definition) is 1. The molecule has 7 nitrogen and oxygen atoms in total. The SMILES string of the molecule is CCN(CC)CCNC(=O)c1cc([N+](=O)[O-])ccc1N1CCC(C)CC1. The number of rotatable bonds is 8. The Labute approximate surface area is 155 Å². The second kappa shape index (κ2) is 9.52. The minimum Gasteiger partial charge on any atom is -0.371 e. The predicted octanol–water partition coefficient (Wildman–Crippen LogP) is 2.90. The van der Waals surface area contributed by atoms with Crippen molar-refractivity contribution in [1.29, 1.82) is 0 Å². The Kier molecular flexibility index (Phi) is 7.38. The van der Waals surface area contributed by atoms with Crippen molar-refractivity contribution in [2.24, 2.45) is 5.92 Å². The summed E-state index contributed by atoms with van der Waals surface area (Å²) in [7, 11) is 0. The molecule has 0 radical (unpaired) electrons. The molecule has 0 saturated carbocycles. The number of hydrogen-bond acceptors (Lipinski definition) is 5. The lowest BCUT2D eigenvalue weighted by molar-refractivity contribution is -0.384. The maximum atomic E-state index is 12.7. The Morgan fingerprint density at radius 1 is 1.31 bits per heavy atom. The van der Waals surface area contributed by atoms with Gasteiger partial charge in [0.1, 0.15) is 0 Å². The number of benzene rings is 1. The molecule has 1 aliphatic rings. The van der Waals surface area contributed by atoms with Crippen LogP contribution in [0.1, 0.15) is 44.0 Å². The Morgan fingerprint density at radius 2 is 1.96 bits per heavy atom. The number of likely N-dealkylation sites (N-methyl/N-ethyl adjacent to an activating group) is 1. The quantitative estimate of drug-likeness (QED) is 0.568. The maximum absolute atomic E-state index is 12.7. The molecule has 1 heterocycles. The van der Waals surface area contributed by atoms with Crippen LogP contribution in [0.5, 0.6) is 0 Å². The van der Waals surface area contributed by atoms with Crippen LogP contribution in [-0.2, 0) is 0 Å². The van der Waals surface area contributed by atoms with Gasteiger partial charge in [0, 0.05) is 38.3 Å². The summed E-state index contributed by atoms with van der Waals surface area (Å²) in [6, 6.07) is 4.60. The molecule has 0 spiro atoms. The van der Waals surface area contributed by atoms with Gasteiger partial charge in [-0.25, -0.2) is 0 Å². The van der Waals surface area contributed by atoms with Crippen LogP contribution in [0.2, 0.25) is 0 Å². The number of non-ortho nitro benzene ring substituents is 1. The molecule has 1 saturated heterocycles. The van der Waals surface area contributed by atoms with Gasteiger partial charge in [-0.3, -0.25) is 14.9 Å². The van der Waals surface area contributed by atoms with Gasteiger partial charge in [0.25, 0.3) is 11.6 Å². The average Bonchev–Trinajstić information content (AvgIpc) is 2.65. The average molecular weight is 362 g/mol. The predicted molar refractivity (Wildman–Crippen MR) is 104 cm³/mol. The fourth-order valence-electron chi connectivity index (χ4n) is 3.31. The van der Waals surface area contributed by atoms with Crippen LogP contribution in [0.4, 0.5) is 11.4 Å². The molecular formula is C19H30N4O3. The summed E-state index contributed by atoms with van der Waals surface area (Å²) in [6.45, 7) is 11.3. The van der Waals surface area contributed by atoms with E-state index in [1.54, 1.807) is 6.07 Å². The van der Waals surface area contributed by atoms with Crippen molar-refractivity contribution < 1.29 is 9.72 Å². The number of nitro benzene ring substituents is 1. The summed E-state index contributed by atoms with van der Waals surface area (Å²) in [4.78, 5) is 27.8.